The van der Waals surface area contributed by atoms with E-state index in [-0.39, 0.29) is 0 Å². The van der Waals surface area contributed by atoms with E-state index in [1.165, 1.54) is 0 Å². The smallest absolute Gasteiger partial charge is 0.346 e. The first-order valence-electron chi connectivity index (χ1n) is 9.40. The average molecular weight is 418 g/mol. The van der Waals surface area contributed by atoms with Crippen molar-refractivity contribution in [2.45, 2.75) is 6.18 Å². The first-order valence-corrected chi connectivity index (χ1v) is 10.2. The number of hydrogen-bond donors (Lipinski definition) is 1. The van der Waals surface area contributed by atoms with Gasteiger partial charge in [0.2, 0.25) is 0 Å². The Morgan fingerprint density at radius 3 is 2.23 bits per heavy atom. The van der Waals surface area contributed by atoms with Crippen molar-refractivity contribution in [1.29, 1.82) is 0 Å². The number of nitrogens with one attached hydrogen (secondary N) is 1. The van der Waals surface area contributed by atoms with Crippen LogP contribution >= 0.6 is 11.3 Å². The summed E-state index contributed by atoms with van der Waals surface area (Å²) in [6.07, 6.45) is -4.36. The molecule has 30 heavy (non-hydrogen) atoms. The zero-order valence-electron chi connectivity index (χ0n) is 15.4. The number of H-pyrrole nitrogens is 1. The van der Waals surface area contributed by atoms with Crippen LogP contribution in [-0.4, -0.2) is 9.97 Å². The number of aromatic nitrogens is 2. The molecule has 6 heteroatoms. The third kappa shape index (κ3) is 2.47. The molecule has 0 amide bonds. The molecule has 0 aliphatic carbocycles. The summed E-state index contributed by atoms with van der Waals surface area (Å²) in [5.41, 5.74) is 3.87. The fourth-order valence-corrected chi connectivity index (χ4v) is 5.28. The van der Waals surface area contributed by atoms with E-state index in [1.807, 2.05) is 48.5 Å². The van der Waals surface area contributed by atoms with Gasteiger partial charge in [-0.2, -0.15) is 13.2 Å². The number of rotatable bonds is 1. The second-order valence-corrected chi connectivity index (χ2v) is 8.24. The standard InChI is InChI=1S/C24H13F3N2S/c25-24(26,27)14-11-9-13(10-12-14)19-20-15-5-1-3-7-17(15)28-22(20)30-23-21(19)16-6-2-4-8-18(16)29-23/h1-12,28H. The van der Waals surface area contributed by atoms with E-state index in [9.17, 15) is 13.2 Å². The van der Waals surface area contributed by atoms with Crippen LogP contribution in [0.2, 0.25) is 0 Å². The van der Waals surface area contributed by atoms with Gasteiger partial charge in [0.15, 0.2) is 0 Å². The van der Waals surface area contributed by atoms with Gasteiger partial charge in [-0.25, -0.2) is 4.98 Å². The van der Waals surface area contributed by atoms with E-state index in [2.05, 4.69) is 4.98 Å². The van der Waals surface area contributed by atoms with Crippen molar-refractivity contribution in [1.82, 2.24) is 9.97 Å². The molecule has 3 heterocycles. The van der Waals surface area contributed by atoms with Crippen molar-refractivity contribution in [3.63, 3.8) is 0 Å². The quantitative estimate of drug-likeness (QED) is 0.291. The second kappa shape index (κ2) is 6.06. The summed E-state index contributed by atoms with van der Waals surface area (Å²) in [5.74, 6) is 0. The number of aromatic amines is 1. The molecule has 0 fully saturated rings. The van der Waals surface area contributed by atoms with Gasteiger partial charge < -0.3 is 4.98 Å². The second-order valence-electron chi connectivity index (χ2n) is 7.24. The Morgan fingerprint density at radius 2 is 1.47 bits per heavy atom. The third-order valence-corrected chi connectivity index (χ3v) is 6.48. The third-order valence-electron chi connectivity index (χ3n) is 5.48. The van der Waals surface area contributed by atoms with Crippen LogP contribution < -0.4 is 0 Å². The molecule has 0 spiro atoms. The molecule has 0 unspecified atom stereocenters. The monoisotopic (exact) mass is 418 g/mol. The number of halogens is 3. The normalized spacial score (nSPS) is 12.5. The van der Waals surface area contributed by atoms with Crippen molar-refractivity contribution < 1.29 is 13.2 Å². The lowest BCUT2D eigenvalue weighted by molar-refractivity contribution is -0.137. The van der Waals surface area contributed by atoms with Crippen LogP contribution in [0.5, 0.6) is 0 Å². The predicted molar refractivity (Wildman–Crippen MR) is 116 cm³/mol. The van der Waals surface area contributed by atoms with Crippen molar-refractivity contribution in [2.75, 3.05) is 0 Å². The highest BCUT2D eigenvalue weighted by molar-refractivity contribution is 7.21. The minimum absolute atomic E-state index is 0.651. The van der Waals surface area contributed by atoms with Crippen molar-refractivity contribution in [3.05, 3.63) is 78.4 Å². The molecule has 2 aliphatic heterocycles. The minimum atomic E-state index is -4.36. The Bertz CT molecular complexity index is 1520. The molecule has 2 nitrogen and oxygen atoms in total. The highest BCUT2D eigenvalue weighted by Crippen LogP contribution is 2.49. The first-order chi connectivity index (χ1) is 14.5. The van der Waals surface area contributed by atoms with Crippen LogP contribution in [0.4, 0.5) is 13.2 Å². The van der Waals surface area contributed by atoms with Crippen molar-refractivity contribution in [3.8, 4) is 21.7 Å². The molecule has 6 rings (SSSR count). The Balaban J connectivity index is 1.79. The number of fused-ring (bicyclic) bond motifs is 6. The molecular weight excluding hydrogens is 405 g/mol. The van der Waals surface area contributed by atoms with Crippen LogP contribution in [-0.2, 0) is 6.18 Å². The van der Waals surface area contributed by atoms with E-state index < -0.39 is 11.7 Å². The van der Waals surface area contributed by atoms with Gasteiger partial charge in [0, 0.05) is 32.8 Å². The summed E-state index contributed by atoms with van der Waals surface area (Å²) in [7, 11) is 0. The molecule has 1 N–H and O–H groups in total. The molecule has 4 aromatic rings. The zero-order chi connectivity index (χ0) is 20.5. The van der Waals surface area contributed by atoms with Gasteiger partial charge >= 0.3 is 6.18 Å². The summed E-state index contributed by atoms with van der Waals surface area (Å²) in [5, 5.41) is 3.93. The highest BCUT2D eigenvalue weighted by atomic mass is 32.1. The molecule has 1 aromatic heterocycles. The summed E-state index contributed by atoms with van der Waals surface area (Å²) in [4.78, 5) is 9.22. The van der Waals surface area contributed by atoms with Gasteiger partial charge in [-0.1, -0.05) is 59.9 Å². The lowest BCUT2D eigenvalue weighted by Gasteiger charge is -2.12. The lowest BCUT2D eigenvalue weighted by atomic mass is 9.95. The number of hydrogen-bond acceptors (Lipinski definition) is 2. The molecular formula is C24H13F3N2S. The highest BCUT2D eigenvalue weighted by Gasteiger charge is 2.30. The molecule has 2 aliphatic rings. The SMILES string of the molecule is FC(F)(F)c1ccc(-c2c3c4ccccc4nc-3sc3[nH]c4ccccc4c23)cc1. The topological polar surface area (TPSA) is 28.7 Å². The number of alkyl halides is 3. The fraction of sp³-hybridized carbons (Fsp3) is 0.0417. The Morgan fingerprint density at radius 1 is 0.767 bits per heavy atom. The van der Waals surface area contributed by atoms with Gasteiger partial charge in [0.05, 0.1) is 11.1 Å². The molecule has 3 aromatic carbocycles. The van der Waals surface area contributed by atoms with Crippen LogP contribution in [0, 0.1) is 0 Å². The predicted octanol–water partition coefficient (Wildman–Crippen LogP) is 7.72. The Labute approximate surface area is 173 Å². The first kappa shape index (κ1) is 17.5. The van der Waals surface area contributed by atoms with E-state index in [0.29, 0.717) is 0 Å². The zero-order valence-corrected chi connectivity index (χ0v) is 16.2. The van der Waals surface area contributed by atoms with Gasteiger partial charge in [0.1, 0.15) is 9.84 Å². The van der Waals surface area contributed by atoms with Crippen LogP contribution in [0.15, 0.2) is 72.8 Å². The maximum Gasteiger partial charge on any atom is 0.416 e. The maximum absolute atomic E-state index is 13.1. The summed E-state index contributed by atoms with van der Waals surface area (Å²) in [6, 6.07) is 21.3. The summed E-state index contributed by atoms with van der Waals surface area (Å²) < 4.78 is 39.4. The Kier molecular flexibility index (Phi) is 3.53. The van der Waals surface area contributed by atoms with Crippen molar-refractivity contribution >= 4 is 43.4 Å². The molecule has 0 atom stereocenters. The maximum atomic E-state index is 13.1. The molecule has 0 bridgehead atoms. The molecule has 0 radical (unpaired) electrons. The van der Waals surface area contributed by atoms with Gasteiger partial charge in [-0.15, -0.1) is 0 Å². The van der Waals surface area contributed by atoms with Crippen LogP contribution in [0.3, 0.4) is 0 Å². The van der Waals surface area contributed by atoms with Crippen LogP contribution in [0.1, 0.15) is 5.56 Å². The van der Waals surface area contributed by atoms with Gasteiger partial charge in [0.25, 0.3) is 0 Å². The average Bonchev–Trinajstić information content (AvgIpc) is 3.29. The van der Waals surface area contributed by atoms with Gasteiger partial charge in [-0.05, 0) is 29.8 Å². The van der Waals surface area contributed by atoms with Crippen LogP contribution in [0.25, 0.3) is 53.7 Å². The molecule has 0 saturated heterocycles. The van der Waals surface area contributed by atoms with E-state index in [0.717, 1.165) is 65.9 Å². The van der Waals surface area contributed by atoms with Gasteiger partial charge in [-0.3, -0.25) is 0 Å². The molecule has 0 saturated carbocycles. The largest absolute Gasteiger partial charge is 0.416 e. The number of benzene rings is 3. The minimum Gasteiger partial charge on any atom is -0.346 e. The number of para-hydroxylation sites is 2. The van der Waals surface area contributed by atoms with E-state index >= 15 is 0 Å². The van der Waals surface area contributed by atoms with Crippen molar-refractivity contribution in [2.24, 2.45) is 0 Å². The van der Waals surface area contributed by atoms with E-state index in [4.69, 9.17) is 4.98 Å². The molecule has 146 valence electrons. The lowest BCUT2D eigenvalue weighted by Crippen LogP contribution is -2.04. The number of nitrogens with zero attached hydrogens (tertiary/aromatic N) is 1. The summed E-state index contributed by atoms with van der Waals surface area (Å²) >= 11 is 1.57. The van der Waals surface area contributed by atoms with E-state index in [1.54, 1.807) is 23.5 Å². The summed E-state index contributed by atoms with van der Waals surface area (Å²) in [6.45, 7) is 0. The Hall–Kier alpha value is -3.38. The fourth-order valence-electron chi connectivity index (χ4n) is 4.16.